The first-order valence-electron chi connectivity index (χ1n) is 10.5. The monoisotopic (exact) mass is 546 g/mol. The van der Waals surface area contributed by atoms with Gasteiger partial charge in [0.2, 0.25) is 11.7 Å². The molecule has 2 heterocycles. The molecule has 0 saturated carbocycles. The lowest BCUT2D eigenvalue weighted by Gasteiger charge is -2.27. The van der Waals surface area contributed by atoms with Crippen LogP contribution in [0.15, 0.2) is 33.8 Å². The van der Waals surface area contributed by atoms with Gasteiger partial charge in [-0.2, -0.15) is 4.98 Å². The van der Waals surface area contributed by atoms with Crippen LogP contribution in [0.5, 0.6) is 0 Å². The van der Waals surface area contributed by atoms with E-state index in [1.54, 1.807) is 0 Å². The zero-order chi connectivity index (χ0) is 20.6. The van der Waals surface area contributed by atoms with Crippen molar-refractivity contribution < 1.29 is 4.52 Å². The normalized spacial score (nSPS) is 16.8. The van der Waals surface area contributed by atoms with Crippen LogP contribution in [-0.4, -0.2) is 71.2 Å². The number of aliphatic imine (C=N–C) groups is 1. The highest BCUT2D eigenvalue weighted by Gasteiger charge is 2.27. The van der Waals surface area contributed by atoms with Gasteiger partial charge < -0.3 is 14.7 Å². The van der Waals surface area contributed by atoms with Crippen LogP contribution in [0.3, 0.4) is 0 Å². The van der Waals surface area contributed by atoms with Crippen LogP contribution >= 0.6 is 35.6 Å². The summed E-state index contributed by atoms with van der Waals surface area (Å²) in [5.74, 6) is 2.14. The molecule has 0 radical (unpaired) electrons. The fourth-order valence-electron chi connectivity index (χ4n) is 3.73. The van der Waals surface area contributed by atoms with Gasteiger partial charge >= 0.3 is 0 Å². The SMILES string of the molecule is CCNC(=NCCc1nc(-c2ccc(Cl)cc2)no1)N1CCC(N(CC)CC)C1.I. The third-order valence-corrected chi connectivity index (χ3v) is 5.54. The number of hydrogen-bond acceptors (Lipinski definition) is 5. The molecule has 0 aliphatic carbocycles. The quantitative estimate of drug-likeness (QED) is 0.307. The molecular formula is C21H32ClIN6O. The fraction of sp³-hybridized carbons (Fsp3) is 0.571. The summed E-state index contributed by atoms with van der Waals surface area (Å²) in [4.78, 5) is 14.2. The van der Waals surface area contributed by atoms with Crippen molar-refractivity contribution in [3.8, 4) is 11.4 Å². The van der Waals surface area contributed by atoms with Gasteiger partial charge in [-0.1, -0.05) is 30.6 Å². The number of guanidine groups is 1. The minimum absolute atomic E-state index is 0. The lowest BCUT2D eigenvalue weighted by molar-refractivity contribution is 0.223. The first-order chi connectivity index (χ1) is 14.1. The third kappa shape index (κ3) is 6.55. The maximum absolute atomic E-state index is 5.93. The molecule has 1 atom stereocenters. The van der Waals surface area contributed by atoms with Crippen molar-refractivity contribution in [1.29, 1.82) is 0 Å². The number of halogens is 2. The van der Waals surface area contributed by atoms with E-state index in [-0.39, 0.29) is 24.0 Å². The second kappa shape index (κ2) is 12.5. The Hall–Kier alpha value is -1.39. The molecule has 0 amide bonds. The van der Waals surface area contributed by atoms with Crippen LogP contribution in [-0.2, 0) is 6.42 Å². The van der Waals surface area contributed by atoms with Gasteiger partial charge in [-0.15, -0.1) is 24.0 Å². The van der Waals surface area contributed by atoms with Crippen molar-refractivity contribution in [1.82, 2.24) is 25.3 Å². The van der Waals surface area contributed by atoms with Gasteiger partial charge in [0.25, 0.3) is 0 Å². The molecule has 166 valence electrons. The summed E-state index contributed by atoms with van der Waals surface area (Å²) in [6.45, 7) is 12.3. The summed E-state index contributed by atoms with van der Waals surface area (Å²) in [5, 5.41) is 8.18. The topological polar surface area (TPSA) is 69.8 Å². The number of nitrogens with one attached hydrogen (secondary N) is 1. The molecule has 1 unspecified atom stereocenters. The van der Waals surface area contributed by atoms with Gasteiger partial charge in [0.05, 0.1) is 6.54 Å². The van der Waals surface area contributed by atoms with Crippen molar-refractivity contribution in [2.75, 3.05) is 39.3 Å². The lowest BCUT2D eigenvalue weighted by atomic mass is 10.2. The lowest BCUT2D eigenvalue weighted by Crippen LogP contribution is -2.43. The number of likely N-dealkylation sites (N-methyl/N-ethyl adjacent to an activating group) is 1. The number of likely N-dealkylation sites (tertiary alicyclic amines) is 1. The van der Waals surface area contributed by atoms with Crippen molar-refractivity contribution >= 4 is 41.5 Å². The Morgan fingerprint density at radius 1 is 1.27 bits per heavy atom. The summed E-state index contributed by atoms with van der Waals surface area (Å²) < 4.78 is 5.39. The van der Waals surface area contributed by atoms with E-state index in [1.807, 2.05) is 24.3 Å². The number of nitrogens with zero attached hydrogens (tertiary/aromatic N) is 5. The summed E-state index contributed by atoms with van der Waals surface area (Å²) in [7, 11) is 0. The summed E-state index contributed by atoms with van der Waals surface area (Å²) >= 11 is 5.93. The zero-order valence-corrected chi connectivity index (χ0v) is 21.1. The van der Waals surface area contributed by atoms with E-state index >= 15 is 0 Å². The first-order valence-corrected chi connectivity index (χ1v) is 10.9. The zero-order valence-electron chi connectivity index (χ0n) is 18.0. The first kappa shape index (κ1) is 24.9. The average Bonchev–Trinajstić information content (AvgIpc) is 3.39. The number of hydrogen-bond donors (Lipinski definition) is 1. The van der Waals surface area contributed by atoms with Gasteiger partial charge in [0.1, 0.15) is 0 Å². The molecule has 7 nitrogen and oxygen atoms in total. The summed E-state index contributed by atoms with van der Waals surface area (Å²) in [6.07, 6.45) is 1.79. The molecule has 0 spiro atoms. The molecule has 30 heavy (non-hydrogen) atoms. The Kier molecular flexibility index (Phi) is 10.3. The molecule has 2 aromatic rings. The van der Waals surface area contributed by atoms with E-state index in [9.17, 15) is 0 Å². The molecule has 1 aromatic carbocycles. The standard InChI is InChI=1S/C21H31ClN6O.HI/c1-4-23-21(28-14-12-18(15-28)27(5-2)6-3)24-13-11-19-25-20(26-29-19)16-7-9-17(22)10-8-16;/h7-10,18H,4-6,11-15H2,1-3H3,(H,23,24);1H. The second-order valence-electron chi connectivity index (χ2n) is 7.11. The minimum Gasteiger partial charge on any atom is -0.357 e. The smallest absolute Gasteiger partial charge is 0.228 e. The number of rotatable bonds is 8. The van der Waals surface area contributed by atoms with Crippen LogP contribution < -0.4 is 5.32 Å². The molecule has 1 fully saturated rings. The molecule has 1 N–H and O–H groups in total. The van der Waals surface area contributed by atoms with Crippen molar-refractivity contribution in [2.24, 2.45) is 4.99 Å². The van der Waals surface area contributed by atoms with Gasteiger partial charge in [-0.05, 0) is 50.7 Å². The molecule has 1 aliphatic rings. The second-order valence-corrected chi connectivity index (χ2v) is 7.55. The highest BCUT2D eigenvalue weighted by molar-refractivity contribution is 14.0. The number of benzene rings is 1. The van der Waals surface area contributed by atoms with Gasteiger partial charge in [0, 0.05) is 42.7 Å². The Bertz CT molecular complexity index is 793. The van der Waals surface area contributed by atoms with E-state index in [0.29, 0.717) is 35.7 Å². The Morgan fingerprint density at radius 2 is 2.00 bits per heavy atom. The van der Waals surface area contributed by atoms with Crippen LogP contribution in [0, 0.1) is 0 Å². The van der Waals surface area contributed by atoms with E-state index in [0.717, 1.165) is 44.2 Å². The minimum atomic E-state index is 0. The molecule has 9 heteroatoms. The molecule has 1 aromatic heterocycles. The van der Waals surface area contributed by atoms with Crippen LogP contribution in [0.4, 0.5) is 0 Å². The molecule has 3 rings (SSSR count). The largest absolute Gasteiger partial charge is 0.357 e. The van der Waals surface area contributed by atoms with E-state index in [4.69, 9.17) is 21.1 Å². The van der Waals surface area contributed by atoms with Crippen molar-refractivity contribution in [3.63, 3.8) is 0 Å². The van der Waals surface area contributed by atoms with Crippen LogP contribution in [0.2, 0.25) is 5.02 Å². The van der Waals surface area contributed by atoms with Gasteiger partial charge in [-0.3, -0.25) is 9.89 Å². The molecule has 1 aliphatic heterocycles. The Labute approximate surface area is 201 Å². The van der Waals surface area contributed by atoms with Crippen LogP contribution in [0.1, 0.15) is 33.1 Å². The Balaban J connectivity index is 0.00000320. The van der Waals surface area contributed by atoms with Crippen molar-refractivity contribution in [3.05, 3.63) is 35.2 Å². The summed E-state index contributed by atoms with van der Waals surface area (Å²) in [5.41, 5.74) is 0.890. The third-order valence-electron chi connectivity index (χ3n) is 5.28. The average molecular weight is 547 g/mol. The predicted octanol–water partition coefficient (Wildman–Crippen LogP) is 3.93. The Morgan fingerprint density at radius 3 is 2.67 bits per heavy atom. The van der Waals surface area contributed by atoms with Crippen molar-refractivity contribution in [2.45, 2.75) is 39.7 Å². The maximum Gasteiger partial charge on any atom is 0.228 e. The highest BCUT2D eigenvalue weighted by Crippen LogP contribution is 2.19. The van der Waals surface area contributed by atoms with E-state index < -0.39 is 0 Å². The maximum atomic E-state index is 5.93. The molecular weight excluding hydrogens is 515 g/mol. The van der Waals surface area contributed by atoms with Gasteiger partial charge in [-0.25, -0.2) is 0 Å². The molecule has 1 saturated heterocycles. The predicted molar refractivity (Wildman–Crippen MR) is 133 cm³/mol. The van der Waals surface area contributed by atoms with Crippen LogP contribution in [0.25, 0.3) is 11.4 Å². The van der Waals surface area contributed by atoms with Gasteiger partial charge in [0.15, 0.2) is 5.96 Å². The molecule has 0 bridgehead atoms. The fourth-order valence-corrected chi connectivity index (χ4v) is 3.85. The van der Waals surface area contributed by atoms with E-state index in [2.05, 4.69) is 46.0 Å². The summed E-state index contributed by atoms with van der Waals surface area (Å²) in [6, 6.07) is 8.02. The number of aromatic nitrogens is 2. The van der Waals surface area contributed by atoms with E-state index in [1.165, 1.54) is 6.42 Å². The highest BCUT2D eigenvalue weighted by atomic mass is 127.